The van der Waals surface area contributed by atoms with Crippen LogP contribution in [0.3, 0.4) is 0 Å². The molecular weight excluding hydrogens is 200 g/mol. The molecule has 0 aromatic carbocycles. The van der Waals surface area contributed by atoms with Gasteiger partial charge in [-0.15, -0.1) is 0 Å². The van der Waals surface area contributed by atoms with Crippen LogP contribution < -0.4 is 5.32 Å². The van der Waals surface area contributed by atoms with Crippen LogP contribution in [0.25, 0.3) is 0 Å². The highest BCUT2D eigenvalue weighted by Crippen LogP contribution is 2.17. The Bertz CT molecular complexity index is 313. The number of nitrogens with zero attached hydrogens (tertiary/aromatic N) is 1. The molecule has 0 radical (unpaired) electrons. The average molecular weight is 222 g/mol. The molecule has 1 N–H and O–H groups in total. The van der Waals surface area contributed by atoms with Gasteiger partial charge in [0.15, 0.2) is 0 Å². The van der Waals surface area contributed by atoms with E-state index in [1.807, 2.05) is 6.92 Å². The molecule has 0 saturated carbocycles. The third-order valence-electron chi connectivity index (χ3n) is 3.55. The van der Waals surface area contributed by atoms with Gasteiger partial charge in [-0.1, -0.05) is 0 Å². The molecule has 1 aromatic rings. The Morgan fingerprint density at radius 2 is 2.31 bits per heavy atom. The highest BCUT2D eigenvalue weighted by molar-refractivity contribution is 5.15. The zero-order valence-corrected chi connectivity index (χ0v) is 10.3. The molecule has 2 rings (SSSR count). The monoisotopic (exact) mass is 222 g/mol. The maximum Gasteiger partial charge on any atom is 0.105 e. The molecule has 1 aromatic heterocycles. The van der Waals surface area contributed by atoms with Crippen molar-refractivity contribution in [2.75, 3.05) is 20.1 Å². The van der Waals surface area contributed by atoms with E-state index in [4.69, 9.17) is 4.42 Å². The van der Waals surface area contributed by atoms with Crippen LogP contribution in [-0.4, -0.2) is 31.1 Å². The smallest absolute Gasteiger partial charge is 0.105 e. The summed E-state index contributed by atoms with van der Waals surface area (Å²) in [6, 6.07) is 2.80. The van der Waals surface area contributed by atoms with Crippen LogP contribution in [0.2, 0.25) is 0 Å². The molecule has 0 spiro atoms. The normalized spacial score (nSPS) is 22.3. The fourth-order valence-electron chi connectivity index (χ4n) is 2.41. The molecule has 0 bridgehead atoms. The number of furan rings is 1. The predicted molar refractivity (Wildman–Crippen MR) is 65.4 cm³/mol. The molecule has 0 amide bonds. The Morgan fingerprint density at radius 1 is 1.44 bits per heavy atom. The standard InChI is InChI=1S/C13H22N2O/c1-11-12(6-9-16-11)10-15(2)13-4-3-7-14-8-5-13/h6,9,13-14H,3-5,7-8,10H2,1-2H3. The highest BCUT2D eigenvalue weighted by atomic mass is 16.3. The van der Waals surface area contributed by atoms with E-state index >= 15 is 0 Å². The lowest BCUT2D eigenvalue weighted by Gasteiger charge is -2.26. The fourth-order valence-corrected chi connectivity index (χ4v) is 2.41. The molecule has 3 nitrogen and oxygen atoms in total. The largest absolute Gasteiger partial charge is 0.469 e. The molecule has 90 valence electrons. The summed E-state index contributed by atoms with van der Waals surface area (Å²) in [4.78, 5) is 2.46. The Balaban J connectivity index is 1.91. The Labute approximate surface area is 97.8 Å². The minimum absolute atomic E-state index is 0.712. The average Bonchev–Trinajstić information content (AvgIpc) is 2.57. The predicted octanol–water partition coefficient (Wildman–Crippen LogP) is 2.16. The molecule has 1 saturated heterocycles. The number of aryl methyl sites for hydroxylation is 1. The van der Waals surface area contributed by atoms with Gasteiger partial charge >= 0.3 is 0 Å². The van der Waals surface area contributed by atoms with Gasteiger partial charge in [-0.25, -0.2) is 0 Å². The summed E-state index contributed by atoms with van der Waals surface area (Å²) in [6.07, 6.45) is 5.64. The van der Waals surface area contributed by atoms with Crippen LogP contribution >= 0.6 is 0 Å². The zero-order valence-electron chi connectivity index (χ0n) is 10.3. The van der Waals surface area contributed by atoms with Gasteiger partial charge in [0, 0.05) is 18.2 Å². The highest BCUT2D eigenvalue weighted by Gasteiger charge is 2.17. The van der Waals surface area contributed by atoms with Crippen molar-refractivity contribution in [3.63, 3.8) is 0 Å². The van der Waals surface area contributed by atoms with Gasteiger partial charge in [-0.2, -0.15) is 0 Å². The van der Waals surface area contributed by atoms with Crippen molar-refractivity contribution >= 4 is 0 Å². The molecule has 1 aliphatic heterocycles. The lowest BCUT2D eigenvalue weighted by molar-refractivity contribution is 0.215. The van der Waals surface area contributed by atoms with E-state index in [2.05, 4.69) is 23.3 Å². The lowest BCUT2D eigenvalue weighted by atomic mass is 10.1. The minimum atomic E-state index is 0.712. The molecule has 0 aliphatic carbocycles. The van der Waals surface area contributed by atoms with Crippen LogP contribution in [-0.2, 0) is 6.54 Å². The molecule has 1 unspecified atom stereocenters. The van der Waals surface area contributed by atoms with Crippen LogP contribution in [0, 0.1) is 6.92 Å². The Hall–Kier alpha value is -0.800. The lowest BCUT2D eigenvalue weighted by Crippen LogP contribution is -2.32. The van der Waals surface area contributed by atoms with E-state index in [-0.39, 0.29) is 0 Å². The van der Waals surface area contributed by atoms with Crippen LogP contribution in [0.4, 0.5) is 0 Å². The fraction of sp³-hybridized carbons (Fsp3) is 0.692. The molecule has 1 atom stereocenters. The first-order chi connectivity index (χ1) is 7.77. The quantitative estimate of drug-likeness (QED) is 0.849. The first-order valence-electron chi connectivity index (χ1n) is 6.21. The molecular formula is C13H22N2O. The number of rotatable bonds is 3. The number of hydrogen-bond donors (Lipinski definition) is 1. The van der Waals surface area contributed by atoms with Crippen molar-refractivity contribution in [3.8, 4) is 0 Å². The third kappa shape index (κ3) is 2.86. The maximum absolute atomic E-state index is 5.34. The van der Waals surface area contributed by atoms with E-state index in [1.54, 1.807) is 6.26 Å². The third-order valence-corrected chi connectivity index (χ3v) is 3.55. The summed E-state index contributed by atoms with van der Waals surface area (Å²) in [5.74, 6) is 1.05. The Morgan fingerprint density at radius 3 is 3.06 bits per heavy atom. The van der Waals surface area contributed by atoms with Gasteiger partial charge in [0.25, 0.3) is 0 Å². The van der Waals surface area contributed by atoms with Crippen molar-refractivity contribution in [1.82, 2.24) is 10.2 Å². The second-order valence-electron chi connectivity index (χ2n) is 4.75. The second kappa shape index (κ2) is 5.51. The summed E-state index contributed by atoms with van der Waals surface area (Å²) in [7, 11) is 2.22. The van der Waals surface area contributed by atoms with Gasteiger partial charge in [0.2, 0.25) is 0 Å². The SMILES string of the molecule is Cc1occc1CN(C)C1CCCNCC1. The summed E-state index contributed by atoms with van der Waals surface area (Å²) < 4.78 is 5.34. The summed E-state index contributed by atoms with van der Waals surface area (Å²) in [6.45, 7) is 5.37. The zero-order chi connectivity index (χ0) is 11.4. The van der Waals surface area contributed by atoms with E-state index < -0.39 is 0 Å². The molecule has 1 fully saturated rings. The van der Waals surface area contributed by atoms with Gasteiger partial charge < -0.3 is 9.73 Å². The second-order valence-corrected chi connectivity index (χ2v) is 4.75. The van der Waals surface area contributed by atoms with E-state index in [0.717, 1.165) is 18.8 Å². The first kappa shape index (κ1) is 11.7. The van der Waals surface area contributed by atoms with Crippen LogP contribution in [0.15, 0.2) is 16.7 Å². The molecule has 3 heteroatoms. The Kier molecular flexibility index (Phi) is 4.02. The summed E-state index contributed by atoms with van der Waals surface area (Å²) in [5, 5.41) is 3.46. The van der Waals surface area contributed by atoms with E-state index in [9.17, 15) is 0 Å². The van der Waals surface area contributed by atoms with Gasteiger partial charge in [0.1, 0.15) is 5.76 Å². The van der Waals surface area contributed by atoms with Gasteiger partial charge in [-0.05, 0) is 52.4 Å². The van der Waals surface area contributed by atoms with Crippen molar-refractivity contribution in [1.29, 1.82) is 0 Å². The van der Waals surface area contributed by atoms with Gasteiger partial charge in [0.05, 0.1) is 6.26 Å². The molecule has 2 heterocycles. The molecule has 16 heavy (non-hydrogen) atoms. The minimum Gasteiger partial charge on any atom is -0.469 e. The van der Waals surface area contributed by atoms with Crippen molar-refractivity contribution in [2.45, 2.75) is 38.8 Å². The molecule has 1 aliphatic rings. The topological polar surface area (TPSA) is 28.4 Å². The van der Waals surface area contributed by atoms with Crippen molar-refractivity contribution < 1.29 is 4.42 Å². The van der Waals surface area contributed by atoms with E-state index in [1.165, 1.54) is 31.4 Å². The van der Waals surface area contributed by atoms with Crippen molar-refractivity contribution in [3.05, 3.63) is 23.7 Å². The van der Waals surface area contributed by atoms with Crippen LogP contribution in [0.1, 0.15) is 30.6 Å². The van der Waals surface area contributed by atoms with Crippen LogP contribution in [0.5, 0.6) is 0 Å². The van der Waals surface area contributed by atoms with Crippen molar-refractivity contribution in [2.24, 2.45) is 0 Å². The van der Waals surface area contributed by atoms with E-state index in [0.29, 0.717) is 6.04 Å². The summed E-state index contributed by atoms with van der Waals surface area (Å²) in [5.41, 5.74) is 1.32. The summed E-state index contributed by atoms with van der Waals surface area (Å²) >= 11 is 0. The maximum atomic E-state index is 5.34. The van der Waals surface area contributed by atoms with Gasteiger partial charge in [-0.3, -0.25) is 4.90 Å². The number of nitrogens with one attached hydrogen (secondary N) is 1. The first-order valence-corrected chi connectivity index (χ1v) is 6.21. The number of hydrogen-bond acceptors (Lipinski definition) is 3.